The van der Waals surface area contributed by atoms with E-state index in [-0.39, 0.29) is 12.8 Å². The van der Waals surface area contributed by atoms with Crippen molar-refractivity contribution < 1.29 is 50.0 Å². The lowest BCUT2D eigenvalue weighted by atomic mass is 9.98. The smallest absolute Gasteiger partial charge is 0.249 e. The summed E-state index contributed by atoms with van der Waals surface area (Å²) in [5.74, 6) is -0.712. The molecule has 75 heavy (non-hydrogen) atoms. The maximum Gasteiger partial charge on any atom is 0.249 e. The van der Waals surface area contributed by atoms with Crippen molar-refractivity contribution in [2.24, 2.45) is 0 Å². The number of hydrogen-bond acceptors (Lipinski definition) is 10. The van der Waals surface area contributed by atoms with E-state index in [0.717, 1.165) is 51.4 Å². The van der Waals surface area contributed by atoms with Gasteiger partial charge in [0.05, 0.1) is 25.4 Å². The van der Waals surface area contributed by atoms with Gasteiger partial charge in [-0.1, -0.05) is 235 Å². The average molecular weight is 1060 g/mol. The zero-order valence-corrected chi connectivity index (χ0v) is 48.0. The highest BCUT2D eigenvalue weighted by atomic mass is 16.7. The number of ether oxygens (including phenoxy) is 2. The molecule has 11 nitrogen and oxygen atoms in total. The van der Waals surface area contributed by atoms with E-state index < -0.39 is 74.2 Å². The number of rotatable bonds is 53. The normalized spacial score (nSPS) is 20.1. The highest BCUT2D eigenvalue weighted by Gasteiger charge is 2.44. The first-order chi connectivity index (χ1) is 36.7. The Hall–Kier alpha value is -2.19. The number of aliphatic hydroxyl groups excluding tert-OH is 7. The van der Waals surface area contributed by atoms with Crippen molar-refractivity contribution in [3.63, 3.8) is 0 Å². The number of carbonyl (C=O) groups is 1. The largest absolute Gasteiger partial charge is 0.394 e. The van der Waals surface area contributed by atoms with Crippen molar-refractivity contribution in [2.45, 2.75) is 326 Å². The van der Waals surface area contributed by atoms with E-state index in [0.29, 0.717) is 19.3 Å². The molecule has 11 heteroatoms. The van der Waals surface area contributed by atoms with Gasteiger partial charge in [0.25, 0.3) is 0 Å². The molecule has 1 fully saturated rings. The topological polar surface area (TPSA) is 189 Å². The summed E-state index contributed by atoms with van der Waals surface area (Å²) >= 11 is 0. The highest BCUT2D eigenvalue weighted by molar-refractivity contribution is 5.80. The SMILES string of the molecule is CCCCCCC/C=C/CC/C=C/CC/C=C/CCCC(O)C(O)C(COC1OC(CO)C(O)C(O)C1O)NC(=O)C(O)CCCCCCCCCCCCCCCC/C=C\C/C=C\CCCCCCCCCCC. The Morgan fingerprint density at radius 1 is 0.467 bits per heavy atom. The molecule has 0 radical (unpaired) electrons. The highest BCUT2D eigenvalue weighted by Crippen LogP contribution is 2.23. The minimum absolute atomic E-state index is 0.239. The molecule has 1 aliphatic rings. The van der Waals surface area contributed by atoms with Gasteiger partial charge in [0, 0.05) is 0 Å². The predicted molar refractivity (Wildman–Crippen MR) is 311 cm³/mol. The predicted octanol–water partition coefficient (Wildman–Crippen LogP) is 13.8. The molecule has 438 valence electrons. The third-order valence-electron chi connectivity index (χ3n) is 14.7. The summed E-state index contributed by atoms with van der Waals surface area (Å²) in [6.07, 6.45) is 57.1. The molecule has 0 aromatic carbocycles. The molecule has 0 spiro atoms. The number of carbonyl (C=O) groups excluding carboxylic acids is 1. The zero-order chi connectivity index (χ0) is 54.7. The molecule has 0 aromatic heterocycles. The van der Waals surface area contributed by atoms with Gasteiger partial charge in [-0.15, -0.1) is 0 Å². The van der Waals surface area contributed by atoms with Crippen LogP contribution in [0.2, 0.25) is 0 Å². The van der Waals surface area contributed by atoms with Gasteiger partial charge in [0.15, 0.2) is 6.29 Å². The van der Waals surface area contributed by atoms with Gasteiger partial charge in [0.1, 0.15) is 36.6 Å². The first kappa shape index (κ1) is 70.8. The van der Waals surface area contributed by atoms with Gasteiger partial charge in [-0.3, -0.25) is 4.79 Å². The Balaban J connectivity index is 2.27. The average Bonchev–Trinajstić information content (AvgIpc) is 3.41. The maximum absolute atomic E-state index is 13.2. The molecule has 0 aromatic rings. The number of hydrogen-bond donors (Lipinski definition) is 8. The molecule has 9 unspecified atom stereocenters. The van der Waals surface area contributed by atoms with Crippen LogP contribution in [0.4, 0.5) is 0 Å². The van der Waals surface area contributed by atoms with E-state index >= 15 is 0 Å². The van der Waals surface area contributed by atoms with Crippen molar-refractivity contribution in [2.75, 3.05) is 13.2 Å². The van der Waals surface area contributed by atoms with Crippen molar-refractivity contribution in [3.05, 3.63) is 60.8 Å². The van der Waals surface area contributed by atoms with Crippen LogP contribution in [0.5, 0.6) is 0 Å². The Morgan fingerprint density at radius 2 is 0.840 bits per heavy atom. The van der Waals surface area contributed by atoms with Crippen LogP contribution in [0, 0.1) is 0 Å². The van der Waals surface area contributed by atoms with Gasteiger partial charge >= 0.3 is 0 Å². The van der Waals surface area contributed by atoms with Crippen LogP contribution >= 0.6 is 0 Å². The van der Waals surface area contributed by atoms with Crippen LogP contribution in [0.3, 0.4) is 0 Å². The first-order valence-electron chi connectivity index (χ1n) is 31.2. The van der Waals surface area contributed by atoms with Crippen LogP contribution in [0.1, 0.15) is 271 Å². The lowest BCUT2D eigenvalue weighted by Crippen LogP contribution is -2.60. The molecule has 1 rings (SSSR count). The minimum atomic E-state index is -1.68. The molecule has 9 atom stereocenters. The maximum atomic E-state index is 13.2. The van der Waals surface area contributed by atoms with Gasteiger partial charge in [-0.25, -0.2) is 0 Å². The Bertz CT molecular complexity index is 1400. The molecule has 0 saturated carbocycles. The standard InChI is InChI=1S/C64H117NO10/c1-3-5-7-9-11-13-15-17-19-21-23-24-25-26-27-28-29-30-31-32-33-34-36-38-40-42-44-46-48-50-52-57(68)63(73)65-55(54-74-64-62(72)61(71)60(70)58(53-66)75-64)59(69)56(67)51-49-47-45-43-41-39-37-35-22-20-18-16-14-12-10-8-6-4-2/h16,18,23-24,26-27,35,37,43,45,55-62,64,66-72H,3-15,17,19-22,25,28-34,36,38-42,44,46-54H2,1-2H3,(H,65,73)/b18-16+,24-23-,27-26-,37-35+,45-43+. The Morgan fingerprint density at radius 3 is 1.27 bits per heavy atom. The van der Waals surface area contributed by atoms with Gasteiger partial charge in [-0.2, -0.15) is 0 Å². The number of unbranched alkanes of at least 4 members (excludes halogenated alkanes) is 31. The van der Waals surface area contributed by atoms with Crippen LogP contribution in [0.15, 0.2) is 60.8 Å². The van der Waals surface area contributed by atoms with Crippen molar-refractivity contribution >= 4 is 5.91 Å². The third kappa shape index (κ3) is 40.6. The summed E-state index contributed by atoms with van der Waals surface area (Å²) in [7, 11) is 0. The van der Waals surface area contributed by atoms with E-state index in [9.17, 15) is 40.5 Å². The molecular formula is C64H117NO10. The summed E-state index contributed by atoms with van der Waals surface area (Å²) < 4.78 is 11.1. The van der Waals surface area contributed by atoms with Gasteiger partial charge in [0.2, 0.25) is 5.91 Å². The molecule has 1 amide bonds. The van der Waals surface area contributed by atoms with E-state index in [1.54, 1.807) is 0 Å². The second kappa shape index (κ2) is 52.5. The Kier molecular flexibility index (Phi) is 49.6. The number of aliphatic hydroxyl groups is 7. The summed E-state index contributed by atoms with van der Waals surface area (Å²) in [6.45, 7) is 3.44. The monoisotopic (exact) mass is 1060 g/mol. The second-order valence-electron chi connectivity index (χ2n) is 21.7. The molecule has 1 heterocycles. The Labute approximate surface area is 459 Å². The molecule has 8 N–H and O–H groups in total. The van der Waals surface area contributed by atoms with E-state index in [1.165, 1.54) is 173 Å². The van der Waals surface area contributed by atoms with Crippen LogP contribution in [0.25, 0.3) is 0 Å². The van der Waals surface area contributed by atoms with Crippen molar-refractivity contribution in [1.29, 1.82) is 0 Å². The van der Waals surface area contributed by atoms with Gasteiger partial charge < -0.3 is 50.5 Å². The quantitative estimate of drug-likeness (QED) is 0.0215. The van der Waals surface area contributed by atoms with Crippen molar-refractivity contribution in [3.8, 4) is 0 Å². The van der Waals surface area contributed by atoms with E-state index in [1.807, 2.05) is 0 Å². The fourth-order valence-corrected chi connectivity index (χ4v) is 9.68. The van der Waals surface area contributed by atoms with Crippen molar-refractivity contribution in [1.82, 2.24) is 5.32 Å². The number of allylic oxidation sites excluding steroid dienone is 10. The van der Waals surface area contributed by atoms with Crippen LogP contribution in [-0.2, 0) is 14.3 Å². The van der Waals surface area contributed by atoms with E-state index in [4.69, 9.17) is 9.47 Å². The zero-order valence-electron chi connectivity index (χ0n) is 48.0. The third-order valence-corrected chi connectivity index (χ3v) is 14.7. The molecule has 0 bridgehead atoms. The fraction of sp³-hybridized carbons (Fsp3) is 0.828. The van der Waals surface area contributed by atoms with Gasteiger partial charge in [-0.05, 0) is 96.3 Å². The summed E-state index contributed by atoms with van der Waals surface area (Å²) in [4.78, 5) is 13.2. The summed E-state index contributed by atoms with van der Waals surface area (Å²) in [5, 5.41) is 76.2. The number of amides is 1. The summed E-state index contributed by atoms with van der Waals surface area (Å²) in [6, 6.07) is -1.20. The molecule has 1 aliphatic heterocycles. The lowest BCUT2D eigenvalue weighted by Gasteiger charge is -2.40. The van der Waals surface area contributed by atoms with Crippen LogP contribution < -0.4 is 5.32 Å². The minimum Gasteiger partial charge on any atom is -0.394 e. The molecule has 1 saturated heterocycles. The summed E-state index contributed by atoms with van der Waals surface area (Å²) in [5.41, 5.74) is 0. The molecule has 0 aliphatic carbocycles. The lowest BCUT2D eigenvalue weighted by molar-refractivity contribution is -0.303. The first-order valence-corrected chi connectivity index (χ1v) is 31.2. The second-order valence-corrected chi connectivity index (χ2v) is 21.7. The molecular weight excluding hydrogens is 943 g/mol. The van der Waals surface area contributed by atoms with E-state index in [2.05, 4.69) is 79.9 Å². The number of nitrogens with one attached hydrogen (secondary N) is 1. The van der Waals surface area contributed by atoms with Crippen LogP contribution in [-0.4, -0.2) is 110 Å². The fourth-order valence-electron chi connectivity index (χ4n) is 9.68.